The number of fused-ring (bicyclic) bond motifs is 1. The van der Waals surface area contributed by atoms with Crippen LogP contribution in [0.1, 0.15) is 38.1 Å². The van der Waals surface area contributed by atoms with E-state index in [2.05, 4.69) is 26.0 Å². The number of thiazole rings is 1. The third-order valence-electron chi connectivity index (χ3n) is 5.03. The number of aromatic nitrogens is 3. The first-order chi connectivity index (χ1) is 14.9. The van der Waals surface area contributed by atoms with Gasteiger partial charge < -0.3 is 4.74 Å². The molecule has 0 radical (unpaired) electrons. The maximum atomic E-state index is 13.5. The smallest absolute Gasteiger partial charge is 0.338 e. The van der Waals surface area contributed by atoms with Gasteiger partial charge >= 0.3 is 5.97 Å². The summed E-state index contributed by atoms with van der Waals surface area (Å²) in [5, 5.41) is 4.26. The first-order valence-electron chi connectivity index (χ1n) is 9.91. The first-order valence-corrected chi connectivity index (χ1v) is 11.5. The van der Waals surface area contributed by atoms with Gasteiger partial charge in [-0.05, 0) is 50.6 Å². The molecule has 1 aliphatic rings. The van der Waals surface area contributed by atoms with Gasteiger partial charge in [-0.3, -0.25) is 14.0 Å². The van der Waals surface area contributed by atoms with Crippen LogP contribution in [0.3, 0.4) is 0 Å². The number of esters is 1. The van der Waals surface area contributed by atoms with E-state index in [9.17, 15) is 9.59 Å². The molecule has 0 bridgehead atoms. The summed E-state index contributed by atoms with van der Waals surface area (Å²) in [6, 6.07) is 8.84. The van der Waals surface area contributed by atoms with Crippen molar-refractivity contribution in [1.29, 1.82) is 0 Å². The number of hydrogen-bond acceptors (Lipinski definition) is 6. The summed E-state index contributed by atoms with van der Waals surface area (Å²) in [5.41, 5.74) is 2.38. The van der Waals surface area contributed by atoms with Crippen molar-refractivity contribution in [2.45, 2.75) is 33.4 Å². The summed E-state index contributed by atoms with van der Waals surface area (Å²) < 4.78 is 10.2. The van der Waals surface area contributed by atoms with E-state index in [1.807, 2.05) is 48.0 Å². The van der Waals surface area contributed by atoms with Gasteiger partial charge in [-0.2, -0.15) is 5.10 Å². The number of aryl methyl sites for hydroxylation is 1. The molecule has 2 aromatic heterocycles. The van der Waals surface area contributed by atoms with Crippen molar-refractivity contribution >= 4 is 39.3 Å². The van der Waals surface area contributed by atoms with Crippen LogP contribution in [-0.2, 0) is 16.1 Å². The second kappa shape index (κ2) is 8.76. The highest BCUT2D eigenvalue weighted by atomic mass is 79.9. The molecule has 7 nitrogen and oxygen atoms in total. The molecule has 4 rings (SSSR count). The summed E-state index contributed by atoms with van der Waals surface area (Å²) in [5.74, 6) is -0.463. The summed E-state index contributed by atoms with van der Waals surface area (Å²) >= 11 is 4.75. The van der Waals surface area contributed by atoms with E-state index in [1.54, 1.807) is 24.6 Å². The fraction of sp³-hybridized carbons (Fsp3) is 0.273. The quantitative estimate of drug-likeness (QED) is 0.504. The van der Waals surface area contributed by atoms with Crippen molar-refractivity contribution in [3.05, 3.63) is 83.2 Å². The van der Waals surface area contributed by atoms with Gasteiger partial charge in [-0.1, -0.05) is 39.4 Å². The molecule has 0 spiro atoms. The molecule has 1 atom stereocenters. The topological polar surface area (TPSA) is 78.5 Å². The number of allylic oxidation sites excluding steroid dienone is 1. The predicted octanol–water partition coefficient (Wildman–Crippen LogP) is 2.78. The number of carbonyl (C=O) groups excluding carboxylic acids is 1. The Labute approximate surface area is 191 Å². The van der Waals surface area contributed by atoms with Crippen LogP contribution in [-0.4, -0.2) is 26.9 Å². The Balaban J connectivity index is 1.96. The Morgan fingerprint density at radius 1 is 1.26 bits per heavy atom. The van der Waals surface area contributed by atoms with Crippen LogP contribution in [0.2, 0.25) is 0 Å². The lowest BCUT2D eigenvalue weighted by molar-refractivity contribution is -0.139. The number of ether oxygens (including phenoxy) is 1. The predicted molar refractivity (Wildman–Crippen MR) is 122 cm³/mol. The minimum atomic E-state index is -0.610. The number of nitrogens with zero attached hydrogens (tertiary/aromatic N) is 4. The molecule has 0 amide bonds. The summed E-state index contributed by atoms with van der Waals surface area (Å²) in [7, 11) is 0. The maximum Gasteiger partial charge on any atom is 0.338 e. The van der Waals surface area contributed by atoms with Gasteiger partial charge in [0.05, 0.1) is 34.1 Å². The second-order valence-electron chi connectivity index (χ2n) is 6.93. The molecule has 0 saturated heterocycles. The number of hydrogen-bond donors (Lipinski definition) is 0. The molecule has 1 aromatic carbocycles. The van der Waals surface area contributed by atoms with Crippen molar-refractivity contribution < 1.29 is 9.53 Å². The van der Waals surface area contributed by atoms with E-state index in [0.29, 0.717) is 27.1 Å². The third-order valence-corrected chi connectivity index (χ3v) is 6.54. The molecular weight excluding hydrogens is 480 g/mol. The average Bonchev–Trinajstić information content (AvgIpc) is 3.32. The van der Waals surface area contributed by atoms with E-state index >= 15 is 0 Å². The Kier molecular flexibility index (Phi) is 6.06. The van der Waals surface area contributed by atoms with Crippen LogP contribution in [0, 0.1) is 0 Å². The fourth-order valence-electron chi connectivity index (χ4n) is 3.62. The Morgan fingerprint density at radius 2 is 2.00 bits per heavy atom. The zero-order valence-electron chi connectivity index (χ0n) is 17.3. The van der Waals surface area contributed by atoms with E-state index in [1.165, 1.54) is 11.3 Å². The van der Waals surface area contributed by atoms with Crippen molar-refractivity contribution in [3.8, 4) is 0 Å². The molecular formula is C22H21BrN4O3S. The molecule has 1 aliphatic heterocycles. The third kappa shape index (κ3) is 3.95. The average molecular weight is 501 g/mol. The molecule has 0 N–H and O–H groups in total. The van der Waals surface area contributed by atoms with Crippen LogP contribution < -0.4 is 14.9 Å². The van der Waals surface area contributed by atoms with Gasteiger partial charge in [0.25, 0.3) is 5.56 Å². The zero-order valence-corrected chi connectivity index (χ0v) is 19.7. The van der Waals surface area contributed by atoms with E-state index in [0.717, 1.165) is 15.7 Å². The Hall–Kier alpha value is -2.78. The highest BCUT2D eigenvalue weighted by molar-refractivity contribution is 9.10. The van der Waals surface area contributed by atoms with Gasteiger partial charge in [-0.25, -0.2) is 9.79 Å². The summed E-state index contributed by atoms with van der Waals surface area (Å²) in [6.07, 6.45) is 3.53. The van der Waals surface area contributed by atoms with Crippen molar-refractivity contribution in [1.82, 2.24) is 14.3 Å². The molecule has 160 valence electrons. The van der Waals surface area contributed by atoms with Crippen molar-refractivity contribution in [2.24, 2.45) is 4.99 Å². The van der Waals surface area contributed by atoms with Crippen LogP contribution in [0.5, 0.6) is 0 Å². The fourth-order valence-corrected chi connectivity index (χ4v) is 4.91. The normalized spacial score (nSPS) is 16.3. The van der Waals surface area contributed by atoms with E-state index < -0.39 is 12.0 Å². The molecule has 3 heterocycles. The van der Waals surface area contributed by atoms with Crippen LogP contribution in [0.25, 0.3) is 6.08 Å². The molecule has 0 saturated carbocycles. The van der Waals surface area contributed by atoms with Crippen LogP contribution in [0.4, 0.5) is 0 Å². The van der Waals surface area contributed by atoms with E-state index in [4.69, 9.17) is 4.74 Å². The standard InChI is InChI=1S/C22H21BrN4O3S/c1-4-26-16(10-11-24-26)12-17-20(28)27-19(14-6-8-15(23)9-7-14)18(21(29)30-5-2)13(3)25-22(27)31-17/h6-12,19H,4-5H2,1-3H3/b17-12+. The van der Waals surface area contributed by atoms with Crippen LogP contribution in [0.15, 0.2) is 62.1 Å². The molecule has 0 fully saturated rings. The van der Waals surface area contributed by atoms with Crippen molar-refractivity contribution in [2.75, 3.05) is 6.61 Å². The molecule has 31 heavy (non-hydrogen) atoms. The molecule has 9 heteroatoms. The second-order valence-corrected chi connectivity index (χ2v) is 8.85. The van der Waals surface area contributed by atoms with Gasteiger partial charge in [0.15, 0.2) is 4.80 Å². The lowest BCUT2D eigenvalue weighted by Gasteiger charge is -2.24. The molecule has 3 aromatic rings. The lowest BCUT2D eigenvalue weighted by atomic mass is 9.96. The molecule has 0 aliphatic carbocycles. The highest BCUT2D eigenvalue weighted by Gasteiger charge is 2.33. The maximum absolute atomic E-state index is 13.5. The van der Waals surface area contributed by atoms with E-state index in [-0.39, 0.29) is 12.2 Å². The Morgan fingerprint density at radius 3 is 2.68 bits per heavy atom. The van der Waals surface area contributed by atoms with Gasteiger partial charge in [0, 0.05) is 17.2 Å². The number of carbonyl (C=O) groups is 1. The van der Waals surface area contributed by atoms with Crippen molar-refractivity contribution in [3.63, 3.8) is 0 Å². The largest absolute Gasteiger partial charge is 0.463 e. The zero-order chi connectivity index (χ0) is 22.1. The van der Waals surface area contributed by atoms with Crippen LogP contribution >= 0.6 is 27.3 Å². The first kappa shape index (κ1) is 21.5. The lowest BCUT2D eigenvalue weighted by Crippen LogP contribution is -2.40. The van der Waals surface area contributed by atoms with Gasteiger partial charge in [0.2, 0.25) is 0 Å². The van der Waals surface area contributed by atoms with Gasteiger partial charge in [0.1, 0.15) is 0 Å². The number of benzene rings is 1. The summed E-state index contributed by atoms with van der Waals surface area (Å²) in [4.78, 5) is 31.5. The minimum Gasteiger partial charge on any atom is -0.463 e. The van der Waals surface area contributed by atoms with Gasteiger partial charge in [-0.15, -0.1) is 0 Å². The Bertz CT molecular complexity index is 1350. The monoisotopic (exact) mass is 500 g/mol. The number of halogens is 1. The summed E-state index contributed by atoms with van der Waals surface area (Å²) in [6.45, 7) is 6.48. The number of rotatable bonds is 5. The highest BCUT2D eigenvalue weighted by Crippen LogP contribution is 2.31. The minimum absolute atomic E-state index is 0.199. The molecule has 1 unspecified atom stereocenters. The SMILES string of the molecule is CCOC(=O)C1=C(C)N=c2s/c(=C/c3ccnn3CC)c(=O)n2C1c1ccc(Br)cc1.